The van der Waals surface area contributed by atoms with Crippen molar-refractivity contribution in [2.75, 3.05) is 6.54 Å². The molecule has 1 unspecified atom stereocenters. The van der Waals surface area contributed by atoms with Crippen LogP contribution >= 0.6 is 0 Å². The molecule has 0 bridgehead atoms. The van der Waals surface area contributed by atoms with Gasteiger partial charge in [-0.3, -0.25) is 4.79 Å². The number of nitrogens with zero attached hydrogens (tertiary/aromatic N) is 6. The normalized spacial score (nSPS) is 16.7. The van der Waals surface area contributed by atoms with Crippen LogP contribution in [0.1, 0.15) is 24.6 Å². The second kappa shape index (κ2) is 6.16. The molecule has 0 saturated heterocycles. The number of benzene rings is 1. The summed E-state index contributed by atoms with van der Waals surface area (Å²) in [6, 6.07) is 10.1. The molecule has 1 aliphatic heterocycles. The molecule has 1 amide bonds. The molecule has 0 saturated carbocycles. The molecule has 1 aromatic carbocycles. The molecule has 4 rings (SSSR count). The van der Waals surface area contributed by atoms with Crippen molar-refractivity contribution in [3.63, 3.8) is 0 Å². The van der Waals surface area contributed by atoms with E-state index < -0.39 is 0 Å². The molecular formula is C18H20N6O. The van der Waals surface area contributed by atoms with Gasteiger partial charge in [-0.15, -0.1) is 10.2 Å². The lowest BCUT2D eigenvalue weighted by Gasteiger charge is -2.32. The minimum absolute atomic E-state index is 0.0638. The number of amides is 1. The molecule has 0 N–H and O–H groups in total. The Hall–Kier alpha value is -2.96. The number of aromatic nitrogens is 5. The van der Waals surface area contributed by atoms with Gasteiger partial charge in [-0.25, -0.2) is 4.98 Å². The SMILES string of the molecule is Cc1nnc2n1C(C)CN(C(=O)Cn1ccnc1-c1ccccc1)C2. The molecule has 0 aliphatic carbocycles. The lowest BCUT2D eigenvalue weighted by atomic mass is 10.2. The van der Waals surface area contributed by atoms with E-state index in [1.807, 2.05) is 52.9 Å². The van der Waals surface area contributed by atoms with Crippen LogP contribution in [0.4, 0.5) is 0 Å². The molecule has 1 aliphatic rings. The van der Waals surface area contributed by atoms with Crippen LogP contribution in [-0.4, -0.2) is 41.7 Å². The van der Waals surface area contributed by atoms with Gasteiger partial charge in [0.25, 0.3) is 0 Å². The van der Waals surface area contributed by atoms with Gasteiger partial charge in [-0.1, -0.05) is 30.3 Å². The Balaban J connectivity index is 1.53. The topological polar surface area (TPSA) is 68.8 Å². The summed E-state index contributed by atoms with van der Waals surface area (Å²) in [6.45, 7) is 5.47. The Bertz CT molecular complexity index is 897. The fraction of sp³-hybridized carbons (Fsp3) is 0.333. The second-order valence-electron chi connectivity index (χ2n) is 6.40. The Morgan fingerprint density at radius 3 is 2.84 bits per heavy atom. The summed E-state index contributed by atoms with van der Waals surface area (Å²) in [5.41, 5.74) is 1.00. The summed E-state index contributed by atoms with van der Waals surface area (Å²) in [5, 5.41) is 8.33. The van der Waals surface area contributed by atoms with Crippen molar-refractivity contribution >= 4 is 5.91 Å². The maximum Gasteiger partial charge on any atom is 0.243 e. The molecule has 7 heteroatoms. The standard InChI is InChI=1S/C18H20N6O/c1-13-10-23(11-16-21-20-14(2)24(13)16)17(25)12-22-9-8-19-18(22)15-6-4-3-5-7-15/h3-9,13H,10-12H2,1-2H3. The van der Waals surface area contributed by atoms with E-state index in [1.165, 1.54) is 0 Å². The van der Waals surface area contributed by atoms with Crippen LogP contribution in [0.5, 0.6) is 0 Å². The number of rotatable bonds is 3. The first-order valence-corrected chi connectivity index (χ1v) is 8.38. The van der Waals surface area contributed by atoms with E-state index in [0.29, 0.717) is 13.1 Å². The van der Waals surface area contributed by atoms with E-state index in [9.17, 15) is 4.79 Å². The van der Waals surface area contributed by atoms with E-state index in [2.05, 4.69) is 26.7 Å². The van der Waals surface area contributed by atoms with E-state index in [4.69, 9.17) is 0 Å². The van der Waals surface area contributed by atoms with Crippen LogP contribution < -0.4 is 0 Å². The van der Waals surface area contributed by atoms with Gasteiger partial charge in [0.1, 0.15) is 18.2 Å². The fourth-order valence-electron chi connectivity index (χ4n) is 3.45. The summed E-state index contributed by atoms with van der Waals surface area (Å²) in [4.78, 5) is 19.1. The van der Waals surface area contributed by atoms with Crippen molar-refractivity contribution < 1.29 is 4.79 Å². The largest absolute Gasteiger partial charge is 0.332 e. The average molecular weight is 336 g/mol. The highest BCUT2D eigenvalue weighted by atomic mass is 16.2. The molecule has 0 spiro atoms. The summed E-state index contributed by atoms with van der Waals surface area (Å²) in [7, 11) is 0. The van der Waals surface area contributed by atoms with Crippen LogP contribution in [0.15, 0.2) is 42.7 Å². The van der Waals surface area contributed by atoms with Crippen molar-refractivity contribution in [3.8, 4) is 11.4 Å². The van der Waals surface area contributed by atoms with Crippen LogP contribution in [0.3, 0.4) is 0 Å². The molecule has 2 aromatic heterocycles. The summed E-state index contributed by atoms with van der Waals surface area (Å²) in [6.07, 6.45) is 3.58. The van der Waals surface area contributed by atoms with Gasteiger partial charge in [0.15, 0.2) is 5.82 Å². The molecule has 7 nitrogen and oxygen atoms in total. The Morgan fingerprint density at radius 1 is 1.24 bits per heavy atom. The summed E-state index contributed by atoms with van der Waals surface area (Å²) < 4.78 is 4.00. The highest BCUT2D eigenvalue weighted by Crippen LogP contribution is 2.22. The van der Waals surface area contributed by atoms with Gasteiger partial charge in [-0.2, -0.15) is 0 Å². The third-order valence-corrected chi connectivity index (χ3v) is 4.60. The summed E-state index contributed by atoms with van der Waals surface area (Å²) in [5.74, 6) is 2.61. The number of hydrogen-bond donors (Lipinski definition) is 0. The highest BCUT2D eigenvalue weighted by molar-refractivity contribution is 5.77. The third-order valence-electron chi connectivity index (χ3n) is 4.60. The number of imidazole rings is 1. The Kier molecular flexibility index (Phi) is 3.83. The Morgan fingerprint density at radius 2 is 2.04 bits per heavy atom. The molecule has 0 radical (unpaired) electrons. The molecule has 3 heterocycles. The lowest BCUT2D eigenvalue weighted by molar-refractivity contribution is -0.133. The number of hydrogen-bond acceptors (Lipinski definition) is 4. The van der Waals surface area contributed by atoms with Crippen LogP contribution in [-0.2, 0) is 17.9 Å². The first kappa shape index (κ1) is 15.6. The zero-order valence-corrected chi connectivity index (χ0v) is 14.3. The molecule has 1 atom stereocenters. The molecule has 25 heavy (non-hydrogen) atoms. The van der Waals surface area contributed by atoms with E-state index in [-0.39, 0.29) is 18.5 Å². The van der Waals surface area contributed by atoms with Gasteiger partial charge in [0.05, 0.1) is 12.6 Å². The quantitative estimate of drug-likeness (QED) is 0.734. The molecule has 128 valence electrons. The fourth-order valence-corrected chi connectivity index (χ4v) is 3.45. The smallest absolute Gasteiger partial charge is 0.243 e. The number of carbonyl (C=O) groups excluding carboxylic acids is 1. The zero-order chi connectivity index (χ0) is 17.4. The van der Waals surface area contributed by atoms with Crippen molar-refractivity contribution in [1.82, 2.24) is 29.2 Å². The second-order valence-corrected chi connectivity index (χ2v) is 6.40. The lowest BCUT2D eigenvalue weighted by Crippen LogP contribution is -2.42. The first-order valence-electron chi connectivity index (χ1n) is 8.38. The molecule has 3 aromatic rings. The van der Waals surface area contributed by atoms with E-state index in [0.717, 1.165) is 23.0 Å². The van der Waals surface area contributed by atoms with Gasteiger partial charge < -0.3 is 14.0 Å². The van der Waals surface area contributed by atoms with Crippen LogP contribution in [0, 0.1) is 6.92 Å². The third kappa shape index (κ3) is 2.82. The number of aryl methyl sites for hydroxylation is 1. The number of carbonyl (C=O) groups is 1. The Labute approximate surface area is 145 Å². The van der Waals surface area contributed by atoms with Gasteiger partial charge in [-0.05, 0) is 13.8 Å². The van der Waals surface area contributed by atoms with Crippen molar-refractivity contribution in [2.24, 2.45) is 0 Å². The zero-order valence-electron chi connectivity index (χ0n) is 14.3. The van der Waals surface area contributed by atoms with E-state index >= 15 is 0 Å². The molecule has 0 fully saturated rings. The summed E-state index contributed by atoms with van der Waals surface area (Å²) >= 11 is 0. The van der Waals surface area contributed by atoms with Crippen molar-refractivity contribution in [1.29, 1.82) is 0 Å². The highest BCUT2D eigenvalue weighted by Gasteiger charge is 2.28. The number of fused-ring (bicyclic) bond motifs is 1. The predicted molar refractivity (Wildman–Crippen MR) is 92.6 cm³/mol. The van der Waals surface area contributed by atoms with Gasteiger partial charge >= 0.3 is 0 Å². The monoisotopic (exact) mass is 336 g/mol. The molecular weight excluding hydrogens is 316 g/mol. The average Bonchev–Trinajstić information content (AvgIpc) is 3.22. The minimum Gasteiger partial charge on any atom is -0.332 e. The van der Waals surface area contributed by atoms with Gasteiger partial charge in [0, 0.05) is 24.5 Å². The predicted octanol–water partition coefficient (Wildman–Crippen LogP) is 2.05. The van der Waals surface area contributed by atoms with Crippen molar-refractivity contribution in [3.05, 3.63) is 54.4 Å². The minimum atomic E-state index is 0.0638. The van der Waals surface area contributed by atoms with E-state index in [1.54, 1.807) is 6.20 Å². The first-order chi connectivity index (χ1) is 12.1. The van der Waals surface area contributed by atoms with Gasteiger partial charge in [0.2, 0.25) is 5.91 Å². The van der Waals surface area contributed by atoms with Crippen LogP contribution in [0.2, 0.25) is 0 Å². The van der Waals surface area contributed by atoms with Crippen molar-refractivity contribution in [2.45, 2.75) is 33.0 Å². The van der Waals surface area contributed by atoms with Crippen LogP contribution in [0.25, 0.3) is 11.4 Å². The maximum absolute atomic E-state index is 12.8. The maximum atomic E-state index is 12.8.